The van der Waals surface area contributed by atoms with E-state index in [2.05, 4.69) is 15.5 Å². The van der Waals surface area contributed by atoms with Gasteiger partial charge in [-0.1, -0.05) is 23.1 Å². The Morgan fingerprint density at radius 1 is 1.40 bits per heavy atom. The minimum absolute atomic E-state index is 0.335. The summed E-state index contributed by atoms with van der Waals surface area (Å²) in [5.41, 5.74) is 0. The fraction of sp³-hybridized carbons (Fsp3) is 0.250. The van der Waals surface area contributed by atoms with Crippen LogP contribution in [0.1, 0.15) is 6.92 Å². The Kier molecular flexibility index (Phi) is 4.91. The maximum atomic E-state index is 12.8. The highest BCUT2D eigenvalue weighted by Gasteiger charge is 2.16. The number of amides is 1. The van der Waals surface area contributed by atoms with Crippen molar-refractivity contribution in [3.8, 4) is 5.75 Å². The van der Waals surface area contributed by atoms with Crippen LogP contribution in [-0.2, 0) is 4.79 Å². The molecule has 1 aromatic carbocycles. The Labute approximate surface area is 123 Å². The number of nitrogens with one attached hydrogen (secondary N) is 1. The van der Waals surface area contributed by atoms with Crippen LogP contribution >= 0.6 is 23.1 Å². The molecule has 1 heterocycles. The van der Waals surface area contributed by atoms with Crippen molar-refractivity contribution in [2.24, 2.45) is 0 Å². The lowest BCUT2D eigenvalue weighted by Gasteiger charge is -2.13. The molecule has 2 aromatic rings. The van der Waals surface area contributed by atoms with Crippen molar-refractivity contribution in [2.45, 2.75) is 17.4 Å². The van der Waals surface area contributed by atoms with Gasteiger partial charge in [0.25, 0.3) is 5.91 Å². The largest absolute Gasteiger partial charge is 0.481 e. The summed E-state index contributed by atoms with van der Waals surface area (Å²) in [6.07, 6.45) is 1.16. The van der Waals surface area contributed by atoms with E-state index in [9.17, 15) is 9.18 Å². The quantitative estimate of drug-likeness (QED) is 0.679. The van der Waals surface area contributed by atoms with E-state index in [1.165, 1.54) is 47.4 Å². The van der Waals surface area contributed by atoms with E-state index in [-0.39, 0.29) is 11.7 Å². The van der Waals surface area contributed by atoms with Crippen molar-refractivity contribution in [1.82, 2.24) is 10.2 Å². The van der Waals surface area contributed by atoms with Crippen LogP contribution in [0.5, 0.6) is 5.75 Å². The van der Waals surface area contributed by atoms with Gasteiger partial charge in [0, 0.05) is 0 Å². The lowest BCUT2D eigenvalue weighted by Crippen LogP contribution is -2.30. The summed E-state index contributed by atoms with van der Waals surface area (Å²) in [4.78, 5) is 11.9. The molecular weight excluding hydrogens is 301 g/mol. The highest BCUT2D eigenvalue weighted by atomic mass is 32.2. The molecule has 0 saturated carbocycles. The first-order chi connectivity index (χ1) is 9.58. The Morgan fingerprint density at radius 3 is 2.70 bits per heavy atom. The number of carbonyl (C=O) groups is 1. The van der Waals surface area contributed by atoms with Crippen LogP contribution in [0.4, 0.5) is 9.52 Å². The number of rotatable bonds is 5. The van der Waals surface area contributed by atoms with E-state index in [1.54, 1.807) is 6.92 Å². The Balaban J connectivity index is 1.93. The number of aromatic nitrogens is 2. The molecule has 2 rings (SSSR count). The Bertz CT molecular complexity index is 589. The number of nitrogens with zero attached hydrogens (tertiary/aromatic N) is 2. The van der Waals surface area contributed by atoms with Crippen LogP contribution in [0.3, 0.4) is 0 Å². The molecule has 106 valence electrons. The van der Waals surface area contributed by atoms with Crippen LogP contribution in [-0.4, -0.2) is 28.5 Å². The van der Waals surface area contributed by atoms with Gasteiger partial charge in [-0.15, -0.1) is 10.2 Å². The summed E-state index contributed by atoms with van der Waals surface area (Å²) in [5.74, 6) is -0.262. The third kappa shape index (κ3) is 3.91. The smallest absolute Gasteiger partial charge is 0.266 e. The summed E-state index contributed by atoms with van der Waals surface area (Å²) in [6.45, 7) is 1.61. The average molecular weight is 313 g/mol. The number of thioether (sulfide) groups is 1. The highest BCUT2D eigenvalue weighted by Crippen LogP contribution is 2.23. The monoisotopic (exact) mass is 313 g/mol. The molecular formula is C12H12FN3O2S2. The molecule has 0 aliphatic carbocycles. The molecule has 20 heavy (non-hydrogen) atoms. The van der Waals surface area contributed by atoms with E-state index in [4.69, 9.17) is 4.74 Å². The van der Waals surface area contributed by atoms with Crippen LogP contribution in [0, 0.1) is 5.82 Å². The zero-order valence-corrected chi connectivity index (χ0v) is 12.4. The first kappa shape index (κ1) is 14.7. The molecule has 0 saturated heterocycles. The molecule has 0 aliphatic rings. The van der Waals surface area contributed by atoms with Crippen molar-refractivity contribution in [3.63, 3.8) is 0 Å². The molecule has 1 amide bonds. The molecule has 1 aromatic heterocycles. The second-order valence-electron chi connectivity index (χ2n) is 3.78. The highest BCUT2D eigenvalue weighted by molar-refractivity contribution is 8.00. The number of carbonyl (C=O) groups excluding carboxylic acids is 1. The van der Waals surface area contributed by atoms with Crippen molar-refractivity contribution in [1.29, 1.82) is 0 Å². The van der Waals surface area contributed by atoms with Gasteiger partial charge in [0.2, 0.25) is 5.13 Å². The second kappa shape index (κ2) is 6.67. The molecule has 0 spiro atoms. The predicted octanol–water partition coefficient (Wildman–Crippen LogP) is 2.81. The molecule has 0 bridgehead atoms. The summed E-state index contributed by atoms with van der Waals surface area (Å²) in [5, 5.41) is 10.8. The van der Waals surface area contributed by atoms with E-state index in [1.807, 2.05) is 6.26 Å². The minimum Gasteiger partial charge on any atom is -0.481 e. The fourth-order valence-electron chi connectivity index (χ4n) is 1.32. The van der Waals surface area contributed by atoms with Crippen molar-refractivity contribution < 1.29 is 13.9 Å². The van der Waals surface area contributed by atoms with Gasteiger partial charge in [-0.2, -0.15) is 0 Å². The molecule has 1 atom stereocenters. The molecule has 5 nitrogen and oxygen atoms in total. The Morgan fingerprint density at radius 2 is 2.10 bits per heavy atom. The van der Waals surface area contributed by atoms with Gasteiger partial charge >= 0.3 is 0 Å². The summed E-state index contributed by atoms with van der Waals surface area (Å²) in [7, 11) is 0. The van der Waals surface area contributed by atoms with Gasteiger partial charge in [-0.25, -0.2) is 4.39 Å². The predicted molar refractivity (Wildman–Crippen MR) is 76.8 cm³/mol. The van der Waals surface area contributed by atoms with E-state index >= 15 is 0 Å². The first-order valence-corrected chi connectivity index (χ1v) is 7.73. The van der Waals surface area contributed by atoms with Crippen LogP contribution < -0.4 is 10.1 Å². The molecule has 0 aliphatic heterocycles. The summed E-state index contributed by atoms with van der Waals surface area (Å²) >= 11 is 2.75. The summed E-state index contributed by atoms with van der Waals surface area (Å²) in [6, 6.07) is 5.48. The standard InChI is InChI=1S/C12H12FN3O2S2/c1-7(18-9-5-3-8(13)4-6-9)10(17)14-11-15-16-12(19-2)20-11/h3-7H,1-2H3,(H,14,15,17)/t7-/m0/s1. The van der Waals surface area contributed by atoms with E-state index < -0.39 is 6.10 Å². The SMILES string of the molecule is CSc1nnc(NC(=O)[C@H](C)Oc2ccc(F)cc2)s1. The number of hydrogen-bond donors (Lipinski definition) is 1. The molecule has 0 unspecified atom stereocenters. The minimum atomic E-state index is -0.720. The third-order valence-electron chi connectivity index (χ3n) is 2.31. The zero-order chi connectivity index (χ0) is 14.5. The molecule has 1 N–H and O–H groups in total. The van der Waals surface area contributed by atoms with E-state index in [0.29, 0.717) is 10.9 Å². The third-order valence-corrected chi connectivity index (χ3v) is 4.12. The van der Waals surface area contributed by atoms with Gasteiger partial charge in [-0.3, -0.25) is 10.1 Å². The van der Waals surface area contributed by atoms with Gasteiger partial charge in [0.05, 0.1) is 0 Å². The average Bonchev–Trinajstić information content (AvgIpc) is 2.89. The van der Waals surface area contributed by atoms with Gasteiger partial charge in [-0.05, 0) is 37.4 Å². The lowest BCUT2D eigenvalue weighted by molar-refractivity contribution is -0.122. The maximum Gasteiger partial charge on any atom is 0.266 e. The molecule has 0 radical (unpaired) electrons. The van der Waals surface area contributed by atoms with Crippen molar-refractivity contribution in [2.75, 3.05) is 11.6 Å². The molecule has 8 heteroatoms. The number of anilines is 1. The second-order valence-corrected chi connectivity index (χ2v) is 5.81. The zero-order valence-electron chi connectivity index (χ0n) is 10.8. The maximum absolute atomic E-state index is 12.8. The van der Waals surface area contributed by atoms with Gasteiger partial charge in [0.1, 0.15) is 11.6 Å². The number of ether oxygens (including phenoxy) is 1. The number of hydrogen-bond acceptors (Lipinski definition) is 6. The van der Waals surface area contributed by atoms with E-state index in [0.717, 1.165) is 4.34 Å². The topological polar surface area (TPSA) is 64.1 Å². The van der Waals surface area contributed by atoms with Crippen LogP contribution in [0.25, 0.3) is 0 Å². The summed E-state index contributed by atoms with van der Waals surface area (Å²) < 4.78 is 18.9. The lowest BCUT2D eigenvalue weighted by atomic mass is 10.3. The number of halogens is 1. The van der Waals surface area contributed by atoms with Crippen molar-refractivity contribution in [3.05, 3.63) is 30.1 Å². The Hall–Kier alpha value is -1.67. The first-order valence-electron chi connectivity index (χ1n) is 5.69. The molecule has 0 fully saturated rings. The fourth-order valence-corrected chi connectivity index (χ4v) is 2.49. The van der Waals surface area contributed by atoms with Crippen LogP contribution in [0.15, 0.2) is 28.6 Å². The van der Waals surface area contributed by atoms with Crippen LogP contribution in [0.2, 0.25) is 0 Å². The van der Waals surface area contributed by atoms with Gasteiger partial charge in [0.15, 0.2) is 10.4 Å². The normalized spacial score (nSPS) is 11.9. The van der Waals surface area contributed by atoms with Crippen molar-refractivity contribution >= 4 is 34.1 Å². The number of benzene rings is 1. The van der Waals surface area contributed by atoms with Gasteiger partial charge < -0.3 is 4.74 Å².